The molecule has 4 heteroatoms. The molecule has 1 aliphatic rings. The Morgan fingerprint density at radius 3 is 2.47 bits per heavy atom. The molecule has 15 heavy (non-hydrogen) atoms. The summed E-state index contributed by atoms with van der Waals surface area (Å²) in [7, 11) is 0. The minimum Gasteiger partial charge on any atom is -0.382 e. The van der Waals surface area contributed by atoms with Gasteiger partial charge in [0, 0.05) is 19.6 Å². The number of aliphatic hydroxyl groups is 1. The fraction of sp³-hybridized carbons (Fsp3) is 0.909. The van der Waals surface area contributed by atoms with Crippen molar-refractivity contribution in [1.29, 1.82) is 0 Å². The maximum atomic E-state index is 11.7. The maximum absolute atomic E-state index is 11.7. The number of nitrogens with zero attached hydrogens (tertiary/aromatic N) is 1. The summed E-state index contributed by atoms with van der Waals surface area (Å²) < 4.78 is 0. The molecule has 0 aromatic heterocycles. The van der Waals surface area contributed by atoms with E-state index in [2.05, 4.69) is 19.2 Å². The van der Waals surface area contributed by atoms with Gasteiger partial charge in [-0.15, -0.1) is 0 Å². The zero-order valence-corrected chi connectivity index (χ0v) is 9.70. The molecule has 4 nitrogen and oxygen atoms in total. The number of carbonyl (C=O) groups excluding carboxylic acids is 1. The van der Waals surface area contributed by atoms with E-state index in [1.807, 2.05) is 0 Å². The molecule has 0 aromatic carbocycles. The number of hydrogen-bond acceptors (Lipinski definition) is 3. The van der Waals surface area contributed by atoms with Gasteiger partial charge in [0.25, 0.3) is 5.91 Å². The first kappa shape index (κ1) is 12.5. The van der Waals surface area contributed by atoms with Gasteiger partial charge in [-0.3, -0.25) is 4.79 Å². The van der Waals surface area contributed by atoms with Gasteiger partial charge in [0.15, 0.2) is 0 Å². The molecule has 0 bridgehead atoms. The first-order valence-corrected chi connectivity index (χ1v) is 5.79. The molecule has 0 spiro atoms. The molecule has 1 atom stereocenters. The Hall–Kier alpha value is -0.610. The van der Waals surface area contributed by atoms with Crippen LogP contribution >= 0.6 is 0 Å². The molecule has 0 aromatic rings. The van der Waals surface area contributed by atoms with E-state index < -0.39 is 6.10 Å². The highest BCUT2D eigenvalue weighted by Gasteiger charge is 2.24. The van der Waals surface area contributed by atoms with Crippen LogP contribution in [0.15, 0.2) is 0 Å². The quantitative estimate of drug-likeness (QED) is 0.688. The second kappa shape index (κ2) is 6.08. The lowest BCUT2D eigenvalue weighted by atomic mass is 10.2. The van der Waals surface area contributed by atoms with Crippen LogP contribution in [0.4, 0.5) is 0 Å². The number of hydrogen-bond donors (Lipinski definition) is 2. The van der Waals surface area contributed by atoms with Gasteiger partial charge < -0.3 is 15.3 Å². The van der Waals surface area contributed by atoms with Crippen molar-refractivity contribution in [2.24, 2.45) is 5.92 Å². The average Bonchev–Trinajstić information content (AvgIpc) is 2.68. The van der Waals surface area contributed by atoms with E-state index in [1.54, 1.807) is 4.90 Å². The van der Waals surface area contributed by atoms with Crippen molar-refractivity contribution in [3.05, 3.63) is 0 Å². The summed E-state index contributed by atoms with van der Waals surface area (Å²) in [6.07, 6.45) is 1.26. The average molecular weight is 214 g/mol. The molecule has 1 amide bonds. The predicted molar refractivity (Wildman–Crippen MR) is 59.5 cm³/mol. The van der Waals surface area contributed by atoms with Crippen molar-refractivity contribution >= 4 is 5.91 Å². The van der Waals surface area contributed by atoms with Gasteiger partial charge in [-0.05, 0) is 25.3 Å². The number of aliphatic hydroxyl groups excluding tert-OH is 1. The Morgan fingerprint density at radius 2 is 1.93 bits per heavy atom. The Morgan fingerprint density at radius 1 is 1.33 bits per heavy atom. The van der Waals surface area contributed by atoms with Crippen LogP contribution in [-0.4, -0.2) is 48.2 Å². The lowest BCUT2D eigenvalue weighted by molar-refractivity contribution is -0.138. The van der Waals surface area contributed by atoms with Crippen LogP contribution in [0.1, 0.15) is 26.7 Å². The van der Waals surface area contributed by atoms with Crippen molar-refractivity contribution in [2.75, 3.05) is 26.2 Å². The van der Waals surface area contributed by atoms with Crippen LogP contribution in [-0.2, 0) is 4.79 Å². The van der Waals surface area contributed by atoms with E-state index in [-0.39, 0.29) is 5.91 Å². The Kier molecular flexibility index (Phi) is 5.05. The first-order valence-electron chi connectivity index (χ1n) is 5.79. The van der Waals surface area contributed by atoms with Gasteiger partial charge in [0.2, 0.25) is 0 Å². The van der Waals surface area contributed by atoms with Crippen LogP contribution in [0.2, 0.25) is 0 Å². The van der Waals surface area contributed by atoms with Crippen molar-refractivity contribution < 1.29 is 9.90 Å². The van der Waals surface area contributed by atoms with Gasteiger partial charge in [-0.25, -0.2) is 0 Å². The number of likely N-dealkylation sites (tertiary alicyclic amines) is 1. The summed E-state index contributed by atoms with van der Waals surface area (Å²) in [4.78, 5) is 13.4. The van der Waals surface area contributed by atoms with Crippen LogP contribution in [0.5, 0.6) is 0 Å². The maximum Gasteiger partial charge on any atom is 0.252 e. The third-order valence-electron chi connectivity index (χ3n) is 2.59. The minimum absolute atomic E-state index is 0.122. The molecule has 2 N–H and O–H groups in total. The fourth-order valence-electron chi connectivity index (χ4n) is 1.74. The van der Waals surface area contributed by atoms with Crippen LogP contribution < -0.4 is 5.32 Å². The third kappa shape index (κ3) is 4.18. The van der Waals surface area contributed by atoms with Crippen LogP contribution in [0, 0.1) is 5.92 Å². The molecule has 0 aliphatic carbocycles. The fourth-order valence-corrected chi connectivity index (χ4v) is 1.74. The molecule has 1 rings (SSSR count). The van der Waals surface area contributed by atoms with E-state index >= 15 is 0 Å². The zero-order valence-electron chi connectivity index (χ0n) is 9.70. The molecule has 1 unspecified atom stereocenters. The molecule has 0 radical (unpaired) electrons. The lowest BCUT2D eigenvalue weighted by Crippen LogP contribution is -2.43. The lowest BCUT2D eigenvalue weighted by Gasteiger charge is -2.20. The Labute approximate surface area is 91.6 Å². The van der Waals surface area contributed by atoms with Gasteiger partial charge in [-0.1, -0.05) is 13.8 Å². The molecule has 1 fully saturated rings. The minimum atomic E-state index is -0.873. The SMILES string of the molecule is CC(C)CNCC(O)C(=O)N1CCCC1. The van der Waals surface area contributed by atoms with Crippen LogP contribution in [0.3, 0.4) is 0 Å². The molecule has 1 saturated heterocycles. The highest BCUT2D eigenvalue weighted by atomic mass is 16.3. The van der Waals surface area contributed by atoms with Crippen molar-refractivity contribution in [1.82, 2.24) is 10.2 Å². The highest BCUT2D eigenvalue weighted by Crippen LogP contribution is 2.08. The number of rotatable bonds is 5. The second-order valence-corrected chi connectivity index (χ2v) is 4.60. The van der Waals surface area contributed by atoms with Gasteiger partial charge >= 0.3 is 0 Å². The summed E-state index contributed by atoms with van der Waals surface area (Å²) in [5.74, 6) is 0.419. The third-order valence-corrected chi connectivity index (χ3v) is 2.59. The largest absolute Gasteiger partial charge is 0.382 e. The Balaban J connectivity index is 2.20. The number of amides is 1. The molecular weight excluding hydrogens is 192 g/mol. The van der Waals surface area contributed by atoms with Crippen LogP contribution in [0.25, 0.3) is 0 Å². The van der Waals surface area contributed by atoms with Crippen molar-refractivity contribution in [3.63, 3.8) is 0 Å². The Bertz CT molecular complexity index is 201. The van der Waals surface area contributed by atoms with Gasteiger partial charge in [0.05, 0.1) is 0 Å². The second-order valence-electron chi connectivity index (χ2n) is 4.60. The number of carbonyl (C=O) groups is 1. The molecular formula is C11H22N2O2. The van der Waals surface area contributed by atoms with E-state index in [1.165, 1.54) is 0 Å². The van der Waals surface area contributed by atoms with E-state index in [4.69, 9.17) is 0 Å². The summed E-state index contributed by atoms with van der Waals surface area (Å²) in [6, 6.07) is 0. The van der Waals surface area contributed by atoms with E-state index in [9.17, 15) is 9.90 Å². The normalized spacial score (nSPS) is 18.5. The molecule has 0 saturated carbocycles. The summed E-state index contributed by atoms with van der Waals surface area (Å²) in [5.41, 5.74) is 0. The van der Waals surface area contributed by atoms with Gasteiger partial charge in [0.1, 0.15) is 6.10 Å². The predicted octanol–water partition coefficient (Wildman–Crippen LogP) is 0.215. The molecule has 1 heterocycles. The summed E-state index contributed by atoms with van der Waals surface area (Å²) in [5, 5.41) is 12.7. The molecule has 1 aliphatic heterocycles. The van der Waals surface area contributed by atoms with Gasteiger partial charge in [-0.2, -0.15) is 0 Å². The monoisotopic (exact) mass is 214 g/mol. The smallest absolute Gasteiger partial charge is 0.252 e. The summed E-state index contributed by atoms with van der Waals surface area (Å²) >= 11 is 0. The first-order chi connectivity index (χ1) is 7.11. The highest BCUT2D eigenvalue weighted by molar-refractivity contribution is 5.81. The van der Waals surface area contributed by atoms with E-state index in [0.717, 1.165) is 32.5 Å². The van der Waals surface area contributed by atoms with E-state index in [0.29, 0.717) is 12.5 Å². The van der Waals surface area contributed by atoms with Crippen molar-refractivity contribution in [3.8, 4) is 0 Å². The summed E-state index contributed by atoms with van der Waals surface area (Å²) in [6.45, 7) is 7.02. The van der Waals surface area contributed by atoms with Crippen molar-refractivity contribution in [2.45, 2.75) is 32.8 Å². The zero-order chi connectivity index (χ0) is 11.3. The standard InChI is InChI=1S/C11H22N2O2/c1-9(2)7-12-8-10(14)11(15)13-5-3-4-6-13/h9-10,12,14H,3-8H2,1-2H3. The molecule has 88 valence electrons. The number of nitrogens with one attached hydrogen (secondary N) is 1. The topological polar surface area (TPSA) is 52.6 Å².